The van der Waals surface area contributed by atoms with Crippen molar-refractivity contribution in [2.45, 2.75) is 0 Å². The van der Waals surface area contributed by atoms with E-state index in [1.807, 2.05) is 24.3 Å². The van der Waals surface area contributed by atoms with Crippen molar-refractivity contribution in [2.75, 3.05) is 0 Å². The van der Waals surface area contributed by atoms with Gasteiger partial charge in [0.15, 0.2) is 0 Å². The number of carbonyl (C=O) groups is 1. The maximum atomic E-state index is 11.3. The van der Waals surface area contributed by atoms with E-state index in [-0.39, 0.29) is 0 Å². The SMILES string of the molecule is NC(=O)c1cc[c]c2c1[nH]c1ccccc12. The number of rotatable bonds is 1. The number of fused-ring (bicyclic) bond motifs is 3. The number of amides is 1. The standard InChI is InChI=1S/C13H9N2O/c14-13(16)10-6-3-5-9-8-4-1-2-7-11(8)15-12(9)10/h1-4,6-7,15H,(H2,14,16). The van der Waals surface area contributed by atoms with Crippen LogP contribution in [0.4, 0.5) is 0 Å². The Kier molecular flexibility index (Phi) is 1.74. The van der Waals surface area contributed by atoms with Gasteiger partial charge in [0.2, 0.25) is 0 Å². The fourth-order valence-corrected chi connectivity index (χ4v) is 1.99. The number of hydrogen-bond acceptors (Lipinski definition) is 1. The molecule has 3 aromatic rings. The summed E-state index contributed by atoms with van der Waals surface area (Å²) >= 11 is 0. The Balaban J connectivity index is 2.54. The lowest BCUT2D eigenvalue weighted by atomic mass is 10.1. The molecule has 1 heterocycles. The van der Waals surface area contributed by atoms with Gasteiger partial charge < -0.3 is 10.7 Å². The van der Waals surface area contributed by atoms with Crippen molar-refractivity contribution in [3.8, 4) is 0 Å². The lowest BCUT2D eigenvalue weighted by Crippen LogP contribution is -2.11. The summed E-state index contributed by atoms with van der Waals surface area (Å²) in [5.41, 5.74) is 7.58. The number of nitrogens with two attached hydrogens (primary N) is 1. The van der Waals surface area contributed by atoms with Gasteiger partial charge in [0.1, 0.15) is 0 Å². The van der Waals surface area contributed by atoms with E-state index in [0.717, 1.165) is 21.8 Å². The van der Waals surface area contributed by atoms with Crippen molar-refractivity contribution in [1.29, 1.82) is 0 Å². The maximum Gasteiger partial charge on any atom is 0.250 e. The van der Waals surface area contributed by atoms with Gasteiger partial charge in [-0.1, -0.05) is 24.3 Å². The molecule has 16 heavy (non-hydrogen) atoms. The van der Waals surface area contributed by atoms with Gasteiger partial charge in [-0.2, -0.15) is 0 Å². The molecule has 3 nitrogen and oxygen atoms in total. The van der Waals surface area contributed by atoms with E-state index in [9.17, 15) is 4.79 Å². The Labute approximate surface area is 91.9 Å². The van der Waals surface area contributed by atoms with Gasteiger partial charge in [-0.05, 0) is 18.2 Å². The van der Waals surface area contributed by atoms with E-state index in [1.54, 1.807) is 12.1 Å². The molecule has 0 aliphatic carbocycles. The van der Waals surface area contributed by atoms with Crippen LogP contribution in [0.15, 0.2) is 36.4 Å². The molecule has 77 valence electrons. The largest absolute Gasteiger partial charge is 0.366 e. The van der Waals surface area contributed by atoms with Crippen LogP contribution < -0.4 is 5.73 Å². The van der Waals surface area contributed by atoms with Gasteiger partial charge in [0, 0.05) is 16.3 Å². The first-order valence-electron chi connectivity index (χ1n) is 4.98. The minimum atomic E-state index is -0.425. The summed E-state index contributed by atoms with van der Waals surface area (Å²) < 4.78 is 0. The number of primary amides is 1. The quantitative estimate of drug-likeness (QED) is 0.634. The van der Waals surface area contributed by atoms with Crippen LogP contribution in [0.25, 0.3) is 21.8 Å². The van der Waals surface area contributed by atoms with Crippen molar-refractivity contribution in [3.05, 3.63) is 48.0 Å². The Morgan fingerprint density at radius 1 is 1.25 bits per heavy atom. The van der Waals surface area contributed by atoms with E-state index >= 15 is 0 Å². The summed E-state index contributed by atoms with van der Waals surface area (Å²) in [6.45, 7) is 0. The zero-order chi connectivity index (χ0) is 11.1. The third kappa shape index (κ3) is 1.11. The van der Waals surface area contributed by atoms with Gasteiger partial charge in [-0.3, -0.25) is 4.79 Å². The Morgan fingerprint density at radius 2 is 2.06 bits per heavy atom. The summed E-state index contributed by atoms with van der Waals surface area (Å²) in [7, 11) is 0. The predicted molar refractivity (Wildman–Crippen MR) is 63.2 cm³/mol. The second-order valence-corrected chi connectivity index (χ2v) is 3.68. The molecule has 0 saturated heterocycles. The molecule has 1 amide bonds. The van der Waals surface area contributed by atoms with Gasteiger partial charge in [0.05, 0.1) is 11.1 Å². The minimum Gasteiger partial charge on any atom is -0.366 e. The van der Waals surface area contributed by atoms with Crippen LogP contribution >= 0.6 is 0 Å². The molecule has 0 atom stereocenters. The van der Waals surface area contributed by atoms with Gasteiger partial charge in [-0.15, -0.1) is 0 Å². The normalized spacial score (nSPS) is 11.0. The number of para-hydroxylation sites is 1. The highest BCUT2D eigenvalue weighted by atomic mass is 16.1. The molecule has 1 aromatic heterocycles. The monoisotopic (exact) mass is 209 g/mol. The molecule has 3 N–H and O–H groups in total. The molecule has 0 aliphatic rings. The lowest BCUT2D eigenvalue weighted by molar-refractivity contribution is 0.100. The smallest absolute Gasteiger partial charge is 0.250 e. The van der Waals surface area contributed by atoms with Crippen LogP contribution in [0.1, 0.15) is 10.4 Å². The molecule has 0 unspecified atom stereocenters. The van der Waals surface area contributed by atoms with Gasteiger partial charge in [0.25, 0.3) is 5.91 Å². The Hall–Kier alpha value is -2.29. The number of nitrogens with one attached hydrogen (secondary N) is 1. The van der Waals surface area contributed by atoms with Crippen LogP contribution in [-0.2, 0) is 0 Å². The fraction of sp³-hybridized carbons (Fsp3) is 0. The number of aromatic nitrogens is 1. The second-order valence-electron chi connectivity index (χ2n) is 3.68. The number of H-pyrrole nitrogens is 1. The summed E-state index contributed by atoms with van der Waals surface area (Å²) in [6.07, 6.45) is 0. The van der Waals surface area contributed by atoms with E-state index < -0.39 is 5.91 Å². The molecule has 1 radical (unpaired) electrons. The van der Waals surface area contributed by atoms with Crippen LogP contribution in [0.5, 0.6) is 0 Å². The summed E-state index contributed by atoms with van der Waals surface area (Å²) in [4.78, 5) is 14.5. The molecular weight excluding hydrogens is 200 g/mol. The average molecular weight is 209 g/mol. The second kappa shape index (κ2) is 3.10. The number of benzene rings is 2. The van der Waals surface area contributed by atoms with E-state index in [2.05, 4.69) is 11.1 Å². The maximum absolute atomic E-state index is 11.3. The predicted octanol–water partition coefficient (Wildman–Crippen LogP) is 2.22. The summed E-state index contributed by atoms with van der Waals surface area (Å²) in [6, 6.07) is 14.4. The van der Waals surface area contributed by atoms with Crippen LogP contribution in [-0.4, -0.2) is 10.9 Å². The summed E-state index contributed by atoms with van der Waals surface area (Å²) in [5.74, 6) is -0.425. The van der Waals surface area contributed by atoms with Crippen molar-refractivity contribution < 1.29 is 4.79 Å². The van der Waals surface area contributed by atoms with Crippen LogP contribution in [0.3, 0.4) is 0 Å². The lowest BCUT2D eigenvalue weighted by Gasteiger charge is -1.96. The van der Waals surface area contributed by atoms with Crippen LogP contribution in [0.2, 0.25) is 0 Å². The molecule has 3 heteroatoms. The summed E-state index contributed by atoms with van der Waals surface area (Å²) in [5, 5.41) is 1.97. The van der Waals surface area contributed by atoms with Gasteiger partial charge in [-0.25, -0.2) is 0 Å². The Bertz CT molecular complexity index is 697. The number of aromatic amines is 1. The topological polar surface area (TPSA) is 58.9 Å². The Morgan fingerprint density at radius 3 is 2.88 bits per heavy atom. The first-order chi connectivity index (χ1) is 7.77. The van der Waals surface area contributed by atoms with Crippen molar-refractivity contribution >= 4 is 27.7 Å². The molecule has 2 aromatic carbocycles. The van der Waals surface area contributed by atoms with E-state index in [4.69, 9.17) is 5.73 Å². The third-order valence-electron chi connectivity index (χ3n) is 2.72. The molecule has 0 spiro atoms. The van der Waals surface area contributed by atoms with Crippen molar-refractivity contribution in [2.24, 2.45) is 5.73 Å². The zero-order valence-corrected chi connectivity index (χ0v) is 8.45. The minimum absolute atomic E-state index is 0.425. The molecule has 0 aliphatic heterocycles. The van der Waals surface area contributed by atoms with Gasteiger partial charge >= 0.3 is 0 Å². The molecule has 3 rings (SSSR count). The molecule has 0 bridgehead atoms. The fourth-order valence-electron chi connectivity index (χ4n) is 1.99. The highest BCUT2D eigenvalue weighted by molar-refractivity contribution is 6.14. The first-order valence-corrected chi connectivity index (χ1v) is 4.98. The van der Waals surface area contributed by atoms with Crippen LogP contribution in [0, 0.1) is 6.07 Å². The number of carbonyl (C=O) groups excluding carboxylic acids is 1. The third-order valence-corrected chi connectivity index (χ3v) is 2.72. The van der Waals surface area contributed by atoms with Crippen molar-refractivity contribution in [1.82, 2.24) is 4.98 Å². The van der Waals surface area contributed by atoms with E-state index in [0.29, 0.717) is 5.56 Å². The molecule has 0 saturated carbocycles. The molecular formula is C13H9N2O. The first kappa shape index (κ1) is 8.97. The zero-order valence-electron chi connectivity index (χ0n) is 8.45. The number of hydrogen-bond donors (Lipinski definition) is 2. The van der Waals surface area contributed by atoms with E-state index in [1.165, 1.54) is 0 Å². The highest BCUT2D eigenvalue weighted by Crippen LogP contribution is 2.26. The highest BCUT2D eigenvalue weighted by Gasteiger charge is 2.10. The molecule has 0 fully saturated rings. The average Bonchev–Trinajstić information content (AvgIpc) is 2.67. The van der Waals surface area contributed by atoms with Crippen molar-refractivity contribution in [3.63, 3.8) is 0 Å².